The van der Waals surface area contributed by atoms with E-state index in [-0.39, 0.29) is 18.5 Å². The number of fused-ring (bicyclic) bond motifs is 1. The number of likely N-dealkylation sites (tertiary alicyclic amines) is 1. The van der Waals surface area contributed by atoms with Gasteiger partial charge in [0.25, 0.3) is 11.8 Å². The van der Waals surface area contributed by atoms with E-state index < -0.39 is 34.9 Å². The zero-order valence-electron chi connectivity index (χ0n) is 15.8. The quantitative estimate of drug-likeness (QED) is 0.766. The van der Waals surface area contributed by atoms with Gasteiger partial charge >= 0.3 is 0 Å². The van der Waals surface area contributed by atoms with E-state index in [2.05, 4.69) is 0 Å². The van der Waals surface area contributed by atoms with E-state index in [1.807, 2.05) is 24.3 Å². The highest BCUT2D eigenvalue weighted by Gasteiger charge is 2.38. The third-order valence-electron chi connectivity index (χ3n) is 5.51. The fourth-order valence-electron chi connectivity index (χ4n) is 3.77. The summed E-state index contributed by atoms with van der Waals surface area (Å²) in [6, 6.07) is 9.11. The minimum atomic E-state index is -0.905. The molecular weight excluding hydrogens is 379 g/mol. The smallest absolute Gasteiger partial charge is 0.263 e. The lowest BCUT2D eigenvalue weighted by molar-refractivity contribution is -0.137. The van der Waals surface area contributed by atoms with E-state index in [1.54, 1.807) is 7.05 Å². The molecule has 2 aliphatic rings. The number of amides is 2. The number of phenolic OH excluding ortho intramolecular Hbond substituents is 2. The Morgan fingerprint density at radius 3 is 2.69 bits per heavy atom. The molecule has 7 nitrogen and oxygen atoms in total. The molecule has 1 fully saturated rings. The molecule has 0 saturated carbocycles. The van der Waals surface area contributed by atoms with Gasteiger partial charge in [0.1, 0.15) is 17.1 Å². The Morgan fingerprint density at radius 2 is 2.00 bits per heavy atom. The highest BCUT2D eigenvalue weighted by molar-refractivity contribution is 5.98. The maximum absolute atomic E-state index is 14.1. The SMILES string of the molecule is CN(CC1CCN1C(=O)c1c(F)ccc(O)c1O)C(=O)C1Cc2ccccc2O1. The van der Waals surface area contributed by atoms with Gasteiger partial charge in [-0.05, 0) is 30.2 Å². The van der Waals surface area contributed by atoms with Crippen LogP contribution in [-0.2, 0) is 11.2 Å². The van der Waals surface area contributed by atoms with Crippen molar-refractivity contribution in [1.82, 2.24) is 9.80 Å². The molecule has 4 rings (SSSR count). The van der Waals surface area contributed by atoms with Gasteiger partial charge in [-0.25, -0.2) is 4.39 Å². The Bertz CT molecular complexity index is 955. The molecule has 0 spiro atoms. The van der Waals surface area contributed by atoms with E-state index >= 15 is 0 Å². The number of para-hydroxylation sites is 1. The second-order valence-corrected chi connectivity index (χ2v) is 7.37. The Kier molecular flexibility index (Phi) is 4.77. The highest BCUT2D eigenvalue weighted by Crippen LogP contribution is 2.34. The third kappa shape index (κ3) is 3.35. The Morgan fingerprint density at radius 1 is 1.24 bits per heavy atom. The molecule has 2 aromatic carbocycles. The van der Waals surface area contributed by atoms with Crippen LogP contribution in [0.3, 0.4) is 0 Å². The van der Waals surface area contributed by atoms with Gasteiger partial charge in [0.05, 0.1) is 6.04 Å². The summed E-state index contributed by atoms with van der Waals surface area (Å²) in [6.07, 6.45) is 0.542. The molecule has 2 amide bonds. The van der Waals surface area contributed by atoms with Crippen molar-refractivity contribution in [3.8, 4) is 17.2 Å². The van der Waals surface area contributed by atoms with Crippen LogP contribution in [0, 0.1) is 5.82 Å². The molecule has 0 bridgehead atoms. The topological polar surface area (TPSA) is 90.3 Å². The van der Waals surface area contributed by atoms with Gasteiger partial charge in [-0.3, -0.25) is 9.59 Å². The molecule has 2 unspecified atom stereocenters. The lowest BCUT2D eigenvalue weighted by atomic mass is 9.99. The maximum atomic E-state index is 14.1. The second kappa shape index (κ2) is 7.27. The fourth-order valence-corrected chi connectivity index (χ4v) is 3.77. The highest BCUT2D eigenvalue weighted by atomic mass is 19.1. The number of ether oxygens (including phenoxy) is 1. The number of nitrogens with zero attached hydrogens (tertiary/aromatic N) is 2. The number of likely N-dealkylation sites (N-methyl/N-ethyl adjacent to an activating group) is 1. The van der Waals surface area contributed by atoms with E-state index in [4.69, 9.17) is 4.74 Å². The number of halogens is 1. The van der Waals surface area contributed by atoms with Crippen LogP contribution in [0.25, 0.3) is 0 Å². The Balaban J connectivity index is 1.41. The van der Waals surface area contributed by atoms with Crippen molar-refractivity contribution in [1.29, 1.82) is 0 Å². The maximum Gasteiger partial charge on any atom is 0.263 e. The van der Waals surface area contributed by atoms with E-state index in [0.29, 0.717) is 25.1 Å². The lowest BCUT2D eigenvalue weighted by Crippen LogP contribution is -2.57. The Hall–Kier alpha value is -3.29. The van der Waals surface area contributed by atoms with Crippen LogP contribution in [0.2, 0.25) is 0 Å². The molecule has 2 aliphatic heterocycles. The van der Waals surface area contributed by atoms with Gasteiger partial charge in [-0.1, -0.05) is 18.2 Å². The van der Waals surface area contributed by atoms with E-state index in [0.717, 1.165) is 17.7 Å². The number of benzene rings is 2. The van der Waals surface area contributed by atoms with Crippen LogP contribution < -0.4 is 4.74 Å². The van der Waals surface area contributed by atoms with Gasteiger partial charge in [-0.2, -0.15) is 0 Å². The summed E-state index contributed by atoms with van der Waals surface area (Å²) >= 11 is 0. The van der Waals surface area contributed by atoms with Crippen molar-refractivity contribution in [3.63, 3.8) is 0 Å². The Labute approximate surface area is 166 Å². The molecule has 8 heteroatoms. The van der Waals surface area contributed by atoms with Crippen molar-refractivity contribution in [2.45, 2.75) is 25.0 Å². The number of hydrogen-bond donors (Lipinski definition) is 2. The van der Waals surface area contributed by atoms with E-state index in [1.165, 1.54) is 9.80 Å². The molecule has 2 aromatic rings. The van der Waals surface area contributed by atoms with Crippen molar-refractivity contribution in [2.24, 2.45) is 0 Å². The molecule has 0 aromatic heterocycles. The second-order valence-electron chi connectivity index (χ2n) is 7.37. The average Bonchev–Trinajstić information content (AvgIpc) is 3.11. The van der Waals surface area contributed by atoms with Gasteiger partial charge < -0.3 is 24.7 Å². The van der Waals surface area contributed by atoms with Crippen LogP contribution in [0.5, 0.6) is 17.2 Å². The minimum Gasteiger partial charge on any atom is -0.504 e. The van der Waals surface area contributed by atoms with E-state index in [9.17, 15) is 24.2 Å². The average molecular weight is 400 g/mol. The van der Waals surface area contributed by atoms with Gasteiger partial charge in [-0.15, -0.1) is 0 Å². The van der Waals surface area contributed by atoms with Crippen LogP contribution in [0.4, 0.5) is 4.39 Å². The summed E-state index contributed by atoms with van der Waals surface area (Å²) in [5.41, 5.74) is 0.424. The summed E-state index contributed by atoms with van der Waals surface area (Å²) in [4.78, 5) is 28.3. The molecule has 2 atom stereocenters. The molecule has 152 valence electrons. The van der Waals surface area contributed by atoms with Gasteiger partial charge in [0.15, 0.2) is 17.6 Å². The van der Waals surface area contributed by atoms with Crippen molar-refractivity contribution in [2.75, 3.05) is 20.1 Å². The van der Waals surface area contributed by atoms with Crippen molar-refractivity contribution < 1.29 is 28.9 Å². The monoisotopic (exact) mass is 400 g/mol. The van der Waals surface area contributed by atoms with Crippen molar-refractivity contribution in [3.05, 3.63) is 53.3 Å². The molecule has 1 saturated heterocycles. The number of carbonyl (C=O) groups is 2. The molecule has 0 radical (unpaired) electrons. The normalized spacial score (nSPS) is 19.9. The number of hydrogen-bond acceptors (Lipinski definition) is 5. The fraction of sp³-hybridized carbons (Fsp3) is 0.333. The summed E-state index contributed by atoms with van der Waals surface area (Å²) in [5.74, 6) is -2.43. The first kappa shape index (κ1) is 19.0. The summed E-state index contributed by atoms with van der Waals surface area (Å²) in [5, 5.41) is 19.5. The number of aromatic hydroxyl groups is 2. The molecule has 0 aliphatic carbocycles. The third-order valence-corrected chi connectivity index (χ3v) is 5.51. The summed E-state index contributed by atoms with van der Waals surface area (Å²) < 4.78 is 19.8. The largest absolute Gasteiger partial charge is 0.504 e. The number of carbonyl (C=O) groups excluding carboxylic acids is 2. The first-order chi connectivity index (χ1) is 13.9. The molecule has 2 N–H and O–H groups in total. The predicted molar refractivity (Wildman–Crippen MR) is 101 cm³/mol. The summed E-state index contributed by atoms with van der Waals surface area (Å²) in [6.45, 7) is 0.646. The predicted octanol–water partition coefficient (Wildman–Crippen LogP) is 1.91. The first-order valence-corrected chi connectivity index (χ1v) is 9.37. The zero-order chi connectivity index (χ0) is 20.7. The molecule has 29 heavy (non-hydrogen) atoms. The van der Waals surface area contributed by atoms with Crippen LogP contribution in [-0.4, -0.2) is 64.1 Å². The molecule has 2 heterocycles. The van der Waals surface area contributed by atoms with Gasteiger partial charge in [0.2, 0.25) is 0 Å². The standard InChI is InChI=1S/C21H21FN2O5/c1-23(20(27)17-10-12-4-2-3-5-16(12)29-17)11-13-8-9-24(13)21(28)18-14(22)6-7-15(25)19(18)26/h2-7,13,17,25-26H,8-11H2,1H3. The minimum absolute atomic E-state index is 0.188. The van der Waals surface area contributed by atoms with Crippen LogP contribution in [0.1, 0.15) is 22.3 Å². The molecular formula is C21H21FN2O5. The van der Waals surface area contributed by atoms with Crippen LogP contribution in [0.15, 0.2) is 36.4 Å². The van der Waals surface area contributed by atoms with Crippen LogP contribution >= 0.6 is 0 Å². The zero-order valence-corrected chi connectivity index (χ0v) is 15.8. The first-order valence-electron chi connectivity index (χ1n) is 9.37. The van der Waals surface area contributed by atoms with Gasteiger partial charge in [0, 0.05) is 26.6 Å². The summed E-state index contributed by atoms with van der Waals surface area (Å²) in [7, 11) is 1.64. The number of rotatable bonds is 4. The van der Waals surface area contributed by atoms with Crippen molar-refractivity contribution >= 4 is 11.8 Å². The number of phenols is 2. The lowest BCUT2D eigenvalue weighted by Gasteiger charge is -2.43.